The maximum Gasteiger partial charge on any atom is 0.273 e. The second-order valence-electron chi connectivity index (χ2n) is 2.91. The summed E-state index contributed by atoms with van der Waals surface area (Å²) in [5.41, 5.74) is 0. The van der Waals surface area contributed by atoms with E-state index in [0.29, 0.717) is 0 Å². The molecule has 0 radical (unpaired) electrons. The number of ether oxygens (including phenoxy) is 1. The molecule has 2 nitrogen and oxygen atoms in total. The second-order valence-corrected chi connectivity index (χ2v) is 2.91. The lowest BCUT2D eigenvalue weighted by atomic mass is 9.91. The summed E-state index contributed by atoms with van der Waals surface area (Å²) in [7, 11) is 1.25. The zero-order chi connectivity index (χ0) is 8.48. The van der Waals surface area contributed by atoms with E-state index in [9.17, 15) is 8.78 Å². The normalized spacial score (nSPS) is 37.1. The number of aliphatic hydroxyl groups excluding tert-OH is 1. The number of alkyl halides is 2. The topological polar surface area (TPSA) is 29.5 Å². The Morgan fingerprint density at radius 3 is 2.64 bits per heavy atom. The first kappa shape index (κ1) is 8.87. The van der Waals surface area contributed by atoms with Gasteiger partial charge >= 0.3 is 0 Å². The molecule has 4 heteroatoms. The van der Waals surface area contributed by atoms with E-state index in [1.54, 1.807) is 0 Å². The third kappa shape index (κ3) is 1.87. The molecule has 0 saturated heterocycles. The smallest absolute Gasteiger partial charge is 0.273 e. The van der Waals surface area contributed by atoms with Gasteiger partial charge in [-0.25, -0.2) is 8.78 Å². The van der Waals surface area contributed by atoms with Crippen LogP contribution in [0.3, 0.4) is 0 Å². The highest BCUT2D eigenvalue weighted by atomic mass is 19.3. The number of methoxy groups -OCH3 is 1. The zero-order valence-electron chi connectivity index (χ0n) is 6.39. The molecule has 1 aliphatic rings. The molecule has 0 spiro atoms. The van der Waals surface area contributed by atoms with E-state index in [1.807, 2.05) is 0 Å². The van der Waals surface area contributed by atoms with Crippen molar-refractivity contribution in [1.29, 1.82) is 0 Å². The van der Waals surface area contributed by atoms with Crippen LogP contribution in [0.4, 0.5) is 8.78 Å². The second kappa shape index (κ2) is 3.03. The first-order chi connectivity index (χ1) is 5.06. The molecule has 0 heterocycles. The average Bonchev–Trinajstić information content (AvgIpc) is 1.94. The quantitative estimate of drug-likeness (QED) is 0.633. The van der Waals surface area contributed by atoms with E-state index in [2.05, 4.69) is 4.74 Å². The van der Waals surface area contributed by atoms with Crippen molar-refractivity contribution in [2.24, 2.45) is 0 Å². The van der Waals surface area contributed by atoms with Crippen LogP contribution in [0.2, 0.25) is 0 Å². The van der Waals surface area contributed by atoms with Gasteiger partial charge in [0.2, 0.25) is 0 Å². The SMILES string of the molecule is CO[C@H]1C[C@H](O)CCC1(F)F. The van der Waals surface area contributed by atoms with E-state index >= 15 is 0 Å². The summed E-state index contributed by atoms with van der Waals surface area (Å²) < 4.78 is 30.2. The highest BCUT2D eigenvalue weighted by Gasteiger charge is 2.44. The van der Waals surface area contributed by atoms with Crippen molar-refractivity contribution in [3.8, 4) is 0 Å². The van der Waals surface area contributed by atoms with E-state index in [1.165, 1.54) is 7.11 Å². The largest absolute Gasteiger partial charge is 0.393 e. The van der Waals surface area contributed by atoms with Crippen molar-refractivity contribution in [2.45, 2.75) is 37.4 Å². The van der Waals surface area contributed by atoms with Crippen molar-refractivity contribution in [3.05, 3.63) is 0 Å². The minimum absolute atomic E-state index is 0.0451. The van der Waals surface area contributed by atoms with Crippen LogP contribution < -0.4 is 0 Å². The molecule has 1 rings (SSSR count). The van der Waals surface area contributed by atoms with Gasteiger partial charge in [0.25, 0.3) is 5.92 Å². The standard InChI is InChI=1S/C7H12F2O2/c1-11-6-4-5(10)2-3-7(6,8)9/h5-6,10H,2-4H2,1H3/t5-,6+/m1/s1. The van der Waals surface area contributed by atoms with Crippen molar-refractivity contribution in [3.63, 3.8) is 0 Å². The van der Waals surface area contributed by atoms with Crippen molar-refractivity contribution in [1.82, 2.24) is 0 Å². The summed E-state index contributed by atoms with van der Waals surface area (Å²) in [6.45, 7) is 0. The van der Waals surface area contributed by atoms with Gasteiger partial charge in [-0.3, -0.25) is 0 Å². The molecule has 0 aromatic carbocycles. The van der Waals surface area contributed by atoms with Crippen molar-refractivity contribution >= 4 is 0 Å². The van der Waals surface area contributed by atoms with E-state index < -0.39 is 18.1 Å². The van der Waals surface area contributed by atoms with Gasteiger partial charge in [-0.05, 0) is 6.42 Å². The van der Waals surface area contributed by atoms with Gasteiger partial charge in [-0.2, -0.15) is 0 Å². The third-order valence-electron chi connectivity index (χ3n) is 2.05. The molecule has 0 unspecified atom stereocenters. The molecule has 0 aromatic heterocycles. The molecule has 0 bridgehead atoms. The fourth-order valence-corrected chi connectivity index (χ4v) is 1.33. The van der Waals surface area contributed by atoms with Gasteiger partial charge in [0.05, 0.1) is 6.10 Å². The number of aliphatic hydroxyl groups is 1. The Kier molecular flexibility index (Phi) is 2.44. The van der Waals surface area contributed by atoms with Crippen molar-refractivity contribution < 1.29 is 18.6 Å². The minimum Gasteiger partial charge on any atom is -0.393 e. The number of halogens is 2. The molecule has 1 aliphatic carbocycles. The summed E-state index contributed by atoms with van der Waals surface area (Å²) in [4.78, 5) is 0. The van der Waals surface area contributed by atoms with Crippen LogP contribution >= 0.6 is 0 Å². The Morgan fingerprint density at radius 1 is 1.55 bits per heavy atom. The molecule has 1 N–H and O–H groups in total. The van der Waals surface area contributed by atoms with Crippen LogP contribution in [-0.2, 0) is 4.74 Å². The minimum atomic E-state index is -2.76. The molecular formula is C7H12F2O2. The monoisotopic (exact) mass is 166 g/mol. The molecule has 1 saturated carbocycles. The first-order valence-corrected chi connectivity index (χ1v) is 3.65. The molecule has 11 heavy (non-hydrogen) atoms. The Bertz CT molecular complexity index is 138. The van der Waals surface area contributed by atoms with Crippen molar-refractivity contribution in [2.75, 3.05) is 7.11 Å². The molecule has 0 amide bonds. The van der Waals surface area contributed by atoms with E-state index in [-0.39, 0.29) is 19.3 Å². The number of rotatable bonds is 1. The molecular weight excluding hydrogens is 154 g/mol. The lowest BCUT2D eigenvalue weighted by molar-refractivity contribution is -0.165. The van der Waals surface area contributed by atoms with E-state index in [4.69, 9.17) is 5.11 Å². The third-order valence-corrected chi connectivity index (χ3v) is 2.05. The summed E-state index contributed by atoms with van der Waals surface area (Å²) in [5.74, 6) is -2.76. The Balaban J connectivity index is 2.56. The average molecular weight is 166 g/mol. The highest BCUT2D eigenvalue weighted by Crippen LogP contribution is 2.35. The summed E-state index contributed by atoms with van der Waals surface area (Å²) >= 11 is 0. The van der Waals surface area contributed by atoms with Gasteiger partial charge in [0.15, 0.2) is 0 Å². The van der Waals surface area contributed by atoms with Crippen LogP contribution in [-0.4, -0.2) is 30.3 Å². The van der Waals surface area contributed by atoms with Crippen LogP contribution in [0.25, 0.3) is 0 Å². The van der Waals surface area contributed by atoms with Crippen LogP contribution in [0, 0.1) is 0 Å². The fourth-order valence-electron chi connectivity index (χ4n) is 1.33. The predicted octanol–water partition coefficient (Wildman–Crippen LogP) is 1.18. The van der Waals surface area contributed by atoms with Crippen LogP contribution in [0.1, 0.15) is 19.3 Å². The highest BCUT2D eigenvalue weighted by molar-refractivity contribution is 4.86. The Hall–Kier alpha value is -0.220. The molecule has 1 fully saturated rings. The zero-order valence-corrected chi connectivity index (χ0v) is 6.39. The molecule has 2 atom stereocenters. The molecule has 0 aliphatic heterocycles. The van der Waals surface area contributed by atoms with E-state index in [0.717, 1.165) is 0 Å². The lowest BCUT2D eigenvalue weighted by Crippen LogP contribution is -2.42. The van der Waals surface area contributed by atoms with Crippen LogP contribution in [0.15, 0.2) is 0 Å². The number of hydrogen-bond donors (Lipinski definition) is 1. The fraction of sp³-hybridized carbons (Fsp3) is 1.00. The van der Waals surface area contributed by atoms with Gasteiger partial charge in [0, 0.05) is 20.0 Å². The van der Waals surface area contributed by atoms with Gasteiger partial charge in [-0.1, -0.05) is 0 Å². The van der Waals surface area contributed by atoms with Crippen LogP contribution in [0.5, 0.6) is 0 Å². The lowest BCUT2D eigenvalue weighted by Gasteiger charge is -2.32. The molecule has 0 aromatic rings. The summed E-state index contributed by atoms with van der Waals surface area (Å²) in [6, 6.07) is 0. The number of hydrogen-bond acceptors (Lipinski definition) is 2. The van der Waals surface area contributed by atoms with Gasteiger partial charge in [0.1, 0.15) is 6.10 Å². The Morgan fingerprint density at radius 2 is 2.18 bits per heavy atom. The maximum absolute atomic E-state index is 12.8. The summed E-state index contributed by atoms with van der Waals surface area (Å²) in [6.07, 6.45) is -1.78. The predicted molar refractivity (Wildman–Crippen MR) is 35.6 cm³/mol. The van der Waals surface area contributed by atoms with Gasteiger partial charge < -0.3 is 9.84 Å². The van der Waals surface area contributed by atoms with Gasteiger partial charge in [-0.15, -0.1) is 0 Å². The molecule has 66 valence electrons. The maximum atomic E-state index is 12.8. The Labute approximate surface area is 64.2 Å². The first-order valence-electron chi connectivity index (χ1n) is 3.65. The summed E-state index contributed by atoms with van der Waals surface area (Å²) in [5, 5.41) is 9.03.